The van der Waals surface area contributed by atoms with E-state index in [1.165, 1.54) is 43.5 Å². The van der Waals surface area contributed by atoms with Crippen LogP contribution in [0.5, 0.6) is 11.5 Å². The summed E-state index contributed by atoms with van der Waals surface area (Å²) < 4.78 is 4.89. The Morgan fingerprint density at radius 1 is 1.25 bits per heavy atom. The van der Waals surface area contributed by atoms with Crippen molar-refractivity contribution in [3.05, 3.63) is 67.7 Å². The number of halogens is 2. The molecule has 0 aliphatic rings. The van der Waals surface area contributed by atoms with Gasteiger partial charge in [-0.2, -0.15) is 0 Å². The Bertz CT molecular complexity index is 849. The largest absolute Gasteiger partial charge is 0.500 e. The Kier molecular flexibility index (Phi) is 5.43. The number of hydrogen-bond acceptors (Lipinski definition) is 5. The molecule has 0 radical (unpaired) electrons. The van der Waals surface area contributed by atoms with Crippen LogP contribution in [-0.4, -0.2) is 22.9 Å². The van der Waals surface area contributed by atoms with Gasteiger partial charge in [0.25, 0.3) is 0 Å². The third-order valence-electron chi connectivity index (χ3n) is 3.13. The van der Waals surface area contributed by atoms with Crippen LogP contribution in [0.3, 0.4) is 0 Å². The number of allylic oxidation sites excluding steroid dienone is 1. The highest BCUT2D eigenvalue weighted by atomic mass is 35.5. The van der Waals surface area contributed by atoms with E-state index in [1.807, 2.05) is 0 Å². The number of carbonyl (C=O) groups excluding carboxylic acids is 1. The molecule has 0 aliphatic carbocycles. The summed E-state index contributed by atoms with van der Waals surface area (Å²) in [6.07, 6.45) is 2.61. The molecule has 2 rings (SSSR count). The number of ketones is 1. The minimum atomic E-state index is -0.740. The molecule has 0 atom stereocenters. The molecule has 0 aliphatic heterocycles. The lowest BCUT2D eigenvalue weighted by atomic mass is 10.1. The number of rotatable bonds is 5. The van der Waals surface area contributed by atoms with Gasteiger partial charge >= 0.3 is 5.69 Å². The predicted octanol–water partition coefficient (Wildman–Crippen LogP) is 4.51. The second-order valence-electron chi connectivity index (χ2n) is 4.67. The first-order chi connectivity index (χ1) is 11.3. The fourth-order valence-corrected chi connectivity index (χ4v) is 2.22. The summed E-state index contributed by atoms with van der Waals surface area (Å²) in [5.74, 6) is -0.996. The number of hydrogen-bond donors (Lipinski definition) is 1. The Morgan fingerprint density at radius 3 is 2.54 bits per heavy atom. The predicted molar refractivity (Wildman–Crippen MR) is 91.1 cm³/mol. The monoisotopic (exact) mass is 367 g/mol. The van der Waals surface area contributed by atoms with Crippen LogP contribution in [0.4, 0.5) is 5.69 Å². The number of phenolic OH excluding ortho intramolecular Hbond substituents is 1. The van der Waals surface area contributed by atoms with Crippen molar-refractivity contribution >= 4 is 40.7 Å². The number of aromatic hydroxyl groups is 1. The zero-order valence-electron chi connectivity index (χ0n) is 12.3. The standard InChI is InChI=1S/C16H11Cl2NO5/c1-24-15-7-9(6-13(16(15)21)19(22)23)2-5-14(20)10-3-4-11(17)12(18)8-10/h2-8,21H,1H3/b5-2+. The molecule has 0 heterocycles. The Balaban J connectivity index is 2.34. The highest BCUT2D eigenvalue weighted by Crippen LogP contribution is 2.37. The molecule has 124 valence electrons. The van der Waals surface area contributed by atoms with Gasteiger partial charge in [0, 0.05) is 11.6 Å². The van der Waals surface area contributed by atoms with Crippen LogP contribution in [0, 0.1) is 10.1 Å². The SMILES string of the molecule is COc1cc(/C=C/C(=O)c2ccc(Cl)c(Cl)c2)cc([N+](=O)[O-])c1O. The van der Waals surface area contributed by atoms with E-state index in [4.69, 9.17) is 27.9 Å². The molecule has 24 heavy (non-hydrogen) atoms. The van der Waals surface area contributed by atoms with Gasteiger partial charge in [0.1, 0.15) is 0 Å². The lowest BCUT2D eigenvalue weighted by Gasteiger charge is -2.05. The normalized spacial score (nSPS) is 10.8. The van der Waals surface area contributed by atoms with Gasteiger partial charge in [-0.1, -0.05) is 29.3 Å². The molecule has 0 fully saturated rings. The number of carbonyl (C=O) groups is 1. The number of nitro benzene ring substituents is 1. The number of methoxy groups -OCH3 is 1. The Morgan fingerprint density at radius 2 is 1.96 bits per heavy atom. The maximum Gasteiger partial charge on any atom is 0.315 e. The van der Waals surface area contributed by atoms with Crippen molar-refractivity contribution in [2.24, 2.45) is 0 Å². The molecule has 0 saturated carbocycles. The minimum Gasteiger partial charge on any atom is -0.500 e. The fraction of sp³-hybridized carbons (Fsp3) is 0.0625. The van der Waals surface area contributed by atoms with E-state index >= 15 is 0 Å². The van der Waals surface area contributed by atoms with Crippen LogP contribution in [0.25, 0.3) is 6.08 Å². The van der Waals surface area contributed by atoms with Crippen LogP contribution < -0.4 is 4.74 Å². The lowest BCUT2D eigenvalue weighted by molar-refractivity contribution is -0.386. The zero-order valence-corrected chi connectivity index (χ0v) is 13.8. The van der Waals surface area contributed by atoms with Gasteiger partial charge in [-0.3, -0.25) is 14.9 Å². The first-order valence-corrected chi connectivity index (χ1v) is 7.32. The summed E-state index contributed by atoms with van der Waals surface area (Å²) in [5.41, 5.74) is 0.127. The summed E-state index contributed by atoms with van der Waals surface area (Å²) >= 11 is 11.7. The first-order valence-electron chi connectivity index (χ1n) is 6.56. The molecule has 2 aromatic carbocycles. The van der Waals surface area contributed by atoms with Gasteiger partial charge in [0.05, 0.1) is 22.1 Å². The van der Waals surface area contributed by atoms with E-state index in [-0.39, 0.29) is 16.6 Å². The van der Waals surface area contributed by atoms with Gasteiger partial charge < -0.3 is 9.84 Å². The van der Waals surface area contributed by atoms with E-state index in [9.17, 15) is 20.0 Å². The summed E-state index contributed by atoms with van der Waals surface area (Å²) in [6.45, 7) is 0. The van der Waals surface area contributed by atoms with Crippen molar-refractivity contribution in [1.82, 2.24) is 0 Å². The maximum atomic E-state index is 12.1. The third kappa shape index (κ3) is 3.84. The Hall–Kier alpha value is -2.57. The van der Waals surface area contributed by atoms with Gasteiger partial charge in [0.15, 0.2) is 11.5 Å². The van der Waals surface area contributed by atoms with E-state index in [0.717, 1.165) is 6.07 Å². The summed E-state index contributed by atoms with van der Waals surface area (Å²) in [7, 11) is 1.27. The van der Waals surface area contributed by atoms with Gasteiger partial charge in [-0.05, 0) is 35.9 Å². The van der Waals surface area contributed by atoms with Gasteiger partial charge in [0.2, 0.25) is 5.75 Å². The molecule has 6 nitrogen and oxygen atoms in total. The van der Waals surface area contributed by atoms with Crippen LogP contribution >= 0.6 is 23.2 Å². The molecule has 0 amide bonds. The summed E-state index contributed by atoms with van der Waals surface area (Å²) in [5, 5.41) is 21.2. The molecule has 0 saturated heterocycles. The van der Waals surface area contributed by atoms with E-state index < -0.39 is 16.4 Å². The smallest absolute Gasteiger partial charge is 0.315 e. The molecular weight excluding hydrogens is 357 g/mol. The highest BCUT2D eigenvalue weighted by Gasteiger charge is 2.19. The van der Waals surface area contributed by atoms with Crippen LogP contribution in [-0.2, 0) is 0 Å². The first kappa shape index (κ1) is 17.8. The minimum absolute atomic E-state index is 0.0640. The number of nitro groups is 1. The van der Waals surface area contributed by atoms with Crippen LogP contribution in [0.15, 0.2) is 36.4 Å². The van der Waals surface area contributed by atoms with Crippen molar-refractivity contribution in [1.29, 1.82) is 0 Å². The second-order valence-corrected chi connectivity index (χ2v) is 5.49. The molecule has 0 aromatic heterocycles. The van der Waals surface area contributed by atoms with Crippen molar-refractivity contribution in [3.8, 4) is 11.5 Å². The Labute approximate surface area is 147 Å². The average Bonchev–Trinajstić information content (AvgIpc) is 2.55. The molecule has 1 N–H and O–H groups in total. The number of phenols is 1. The third-order valence-corrected chi connectivity index (χ3v) is 3.86. The number of ether oxygens (including phenoxy) is 1. The van der Waals surface area contributed by atoms with E-state index in [2.05, 4.69) is 0 Å². The number of nitrogens with zero attached hydrogens (tertiary/aromatic N) is 1. The van der Waals surface area contributed by atoms with Crippen molar-refractivity contribution in [2.45, 2.75) is 0 Å². The average molecular weight is 368 g/mol. The highest BCUT2D eigenvalue weighted by molar-refractivity contribution is 6.42. The fourth-order valence-electron chi connectivity index (χ4n) is 1.92. The quantitative estimate of drug-likeness (QED) is 0.363. The van der Waals surface area contributed by atoms with Gasteiger partial charge in [-0.25, -0.2) is 0 Å². The van der Waals surface area contributed by atoms with Crippen molar-refractivity contribution in [2.75, 3.05) is 7.11 Å². The molecule has 0 spiro atoms. The zero-order chi connectivity index (χ0) is 17.9. The maximum absolute atomic E-state index is 12.1. The van der Waals surface area contributed by atoms with Crippen molar-refractivity contribution in [3.63, 3.8) is 0 Å². The van der Waals surface area contributed by atoms with Crippen LogP contribution in [0.1, 0.15) is 15.9 Å². The summed E-state index contributed by atoms with van der Waals surface area (Å²) in [4.78, 5) is 22.3. The van der Waals surface area contributed by atoms with Gasteiger partial charge in [-0.15, -0.1) is 0 Å². The molecule has 8 heteroatoms. The van der Waals surface area contributed by atoms with E-state index in [0.29, 0.717) is 16.1 Å². The van der Waals surface area contributed by atoms with Crippen molar-refractivity contribution < 1.29 is 19.6 Å². The summed E-state index contributed by atoms with van der Waals surface area (Å²) in [6, 6.07) is 6.95. The second kappa shape index (κ2) is 7.33. The topological polar surface area (TPSA) is 89.7 Å². The van der Waals surface area contributed by atoms with Crippen LogP contribution in [0.2, 0.25) is 10.0 Å². The lowest BCUT2D eigenvalue weighted by Crippen LogP contribution is -1.95. The molecule has 0 bridgehead atoms. The number of benzene rings is 2. The molecular formula is C16H11Cl2NO5. The van der Waals surface area contributed by atoms with E-state index in [1.54, 1.807) is 0 Å². The molecule has 0 unspecified atom stereocenters. The molecule has 2 aromatic rings.